The van der Waals surface area contributed by atoms with Crippen LogP contribution in [0.5, 0.6) is 0 Å². The normalized spacial score (nSPS) is 21.5. The molecule has 116 valence electrons. The summed E-state index contributed by atoms with van der Waals surface area (Å²) in [6, 6.07) is 0. The van der Waals surface area contributed by atoms with Gasteiger partial charge in [-0.25, -0.2) is 0 Å². The van der Waals surface area contributed by atoms with E-state index in [1.165, 1.54) is 6.42 Å². The van der Waals surface area contributed by atoms with Gasteiger partial charge in [0.2, 0.25) is 17.2 Å². The lowest BCUT2D eigenvalue weighted by molar-refractivity contribution is 0.213. The summed E-state index contributed by atoms with van der Waals surface area (Å²) < 4.78 is 0. The Morgan fingerprint density at radius 3 is 2.43 bits per heavy atom. The molecule has 0 spiro atoms. The predicted molar refractivity (Wildman–Crippen MR) is 82.8 cm³/mol. The third-order valence-corrected chi connectivity index (χ3v) is 4.64. The summed E-state index contributed by atoms with van der Waals surface area (Å²) in [4.78, 5) is 15.1. The van der Waals surface area contributed by atoms with E-state index in [9.17, 15) is 5.11 Å². The number of nitrogens with zero attached hydrogens (tertiary/aromatic N) is 4. The molecular weight excluding hydrogens is 290 g/mol. The second kappa shape index (κ2) is 6.32. The molecule has 6 nitrogen and oxygen atoms in total. The van der Waals surface area contributed by atoms with E-state index in [1.54, 1.807) is 0 Å². The summed E-state index contributed by atoms with van der Waals surface area (Å²) in [6.07, 6.45) is 7.68. The molecular formula is C14H22ClN5O. The zero-order chi connectivity index (χ0) is 14.7. The lowest BCUT2D eigenvalue weighted by Crippen LogP contribution is -2.40. The summed E-state index contributed by atoms with van der Waals surface area (Å²) in [5, 5.41) is 13.2. The molecule has 3 rings (SSSR count). The molecule has 2 fully saturated rings. The highest BCUT2D eigenvalue weighted by Gasteiger charge is 2.34. The van der Waals surface area contributed by atoms with Gasteiger partial charge in [0.05, 0.1) is 12.1 Å². The van der Waals surface area contributed by atoms with Gasteiger partial charge < -0.3 is 15.3 Å². The zero-order valence-corrected chi connectivity index (χ0v) is 12.9. The van der Waals surface area contributed by atoms with Crippen molar-refractivity contribution in [3.05, 3.63) is 5.28 Å². The molecule has 0 bridgehead atoms. The monoisotopic (exact) mass is 311 g/mol. The van der Waals surface area contributed by atoms with E-state index >= 15 is 0 Å². The molecule has 0 radical (unpaired) electrons. The summed E-state index contributed by atoms with van der Waals surface area (Å²) >= 11 is 6.05. The van der Waals surface area contributed by atoms with Crippen molar-refractivity contribution in [3.8, 4) is 0 Å². The van der Waals surface area contributed by atoms with Crippen LogP contribution < -0.4 is 10.2 Å². The largest absolute Gasteiger partial charge is 0.394 e. The molecule has 2 heterocycles. The molecule has 1 saturated carbocycles. The topological polar surface area (TPSA) is 74.2 Å². The van der Waals surface area contributed by atoms with E-state index in [0.29, 0.717) is 11.9 Å². The fraction of sp³-hybridized carbons (Fsp3) is 0.786. The van der Waals surface area contributed by atoms with E-state index in [2.05, 4.69) is 25.2 Å². The first kappa shape index (κ1) is 14.8. The smallest absolute Gasteiger partial charge is 0.231 e. The molecule has 1 saturated heterocycles. The van der Waals surface area contributed by atoms with Crippen LogP contribution >= 0.6 is 11.6 Å². The Morgan fingerprint density at radius 2 is 1.76 bits per heavy atom. The first-order valence-corrected chi connectivity index (χ1v) is 8.14. The van der Waals surface area contributed by atoms with Gasteiger partial charge >= 0.3 is 0 Å². The number of aliphatic hydroxyl groups is 1. The molecule has 1 aliphatic heterocycles. The number of halogens is 1. The molecule has 0 amide bonds. The average Bonchev–Trinajstić information content (AvgIpc) is 2.97. The van der Waals surface area contributed by atoms with Gasteiger partial charge in [0.1, 0.15) is 0 Å². The fourth-order valence-corrected chi connectivity index (χ4v) is 3.40. The maximum Gasteiger partial charge on any atom is 0.231 e. The minimum absolute atomic E-state index is 0.0926. The van der Waals surface area contributed by atoms with Crippen LogP contribution in [0.2, 0.25) is 5.28 Å². The Morgan fingerprint density at radius 1 is 1.05 bits per heavy atom. The van der Waals surface area contributed by atoms with Crippen LogP contribution in [0.4, 0.5) is 11.9 Å². The van der Waals surface area contributed by atoms with Crippen molar-refractivity contribution in [2.24, 2.45) is 0 Å². The van der Waals surface area contributed by atoms with Gasteiger partial charge in [-0.1, -0.05) is 12.8 Å². The first-order chi connectivity index (χ1) is 10.2. The lowest BCUT2D eigenvalue weighted by Gasteiger charge is -2.29. The molecule has 7 heteroatoms. The molecule has 21 heavy (non-hydrogen) atoms. The van der Waals surface area contributed by atoms with Crippen LogP contribution in [-0.4, -0.2) is 45.3 Å². The van der Waals surface area contributed by atoms with Crippen molar-refractivity contribution in [1.82, 2.24) is 15.0 Å². The molecule has 0 atom stereocenters. The van der Waals surface area contributed by atoms with Crippen LogP contribution in [0.15, 0.2) is 0 Å². The van der Waals surface area contributed by atoms with Gasteiger partial charge in [-0.3, -0.25) is 0 Å². The van der Waals surface area contributed by atoms with Gasteiger partial charge in [0, 0.05) is 13.1 Å². The van der Waals surface area contributed by atoms with Gasteiger partial charge in [-0.2, -0.15) is 15.0 Å². The quantitative estimate of drug-likeness (QED) is 0.888. The van der Waals surface area contributed by atoms with E-state index in [4.69, 9.17) is 11.6 Å². The van der Waals surface area contributed by atoms with Gasteiger partial charge in [-0.15, -0.1) is 0 Å². The maximum atomic E-state index is 9.69. The fourth-order valence-electron chi connectivity index (χ4n) is 3.24. The Balaban J connectivity index is 1.80. The van der Waals surface area contributed by atoms with Crippen LogP contribution in [0.3, 0.4) is 0 Å². The number of aromatic nitrogens is 3. The highest BCUT2D eigenvalue weighted by atomic mass is 35.5. The summed E-state index contributed by atoms with van der Waals surface area (Å²) in [7, 11) is 0. The van der Waals surface area contributed by atoms with Crippen molar-refractivity contribution < 1.29 is 5.11 Å². The highest BCUT2D eigenvalue weighted by Crippen LogP contribution is 2.32. The first-order valence-electron chi connectivity index (χ1n) is 7.76. The van der Waals surface area contributed by atoms with E-state index in [0.717, 1.165) is 51.6 Å². The Bertz CT molecular complexity index is 486. The molecule has 1 aromatic heterocycles. The third-order valence-electron chi connectivity index (χ3n) is 4.48. The Labute approximate surface area is 130 Å². The molecule has 0 aromatic carbocycles. The van der Waals surface area contributed by atoms with Crippen molar-refractivity contribution >= 4 is 23.5 Å². The number of hydrogen-bond donors (Lipinski definition) is 2. The third kappa shape index (κ3) is 3.37. The minimum Gasteiger partial charge on any atom is -0.394 e. The van der Waals surface area contributed by atoms with E-state index < -0.39 is 0 Å². The Kier molecular flexibility index (Phi) is 4.45. The highest BCUT2D eigenvalue weighted by molar-refractivity contribution is 6.28. The average molecular weight is 312 g/mol. The van der Waals surface area contributed by atoms with Gasteiger partial charge in [0.15, 0.2) is 0 Å². The SMILES string of the molecule is OCC1(Nc2nc(Cl)nc(N3CCCCC3)n2)CCCC1. The number of rotatable bonds is 4. The molecule has 0 unspecified atom stereocenters. The number of nitrogens with one attached hydrogen (secondary N) is 1. The second-order valence-electron chi connectivity index (χ2n) is 6.05. The standard InChI is InChI=1S/C14H22ClN5O/c15-11-16-12(19-14(10-21)6-2-3-7-14)18-13(17-11)20-8-4-1-5-9-20/h21H,1-10H2,(H,16,17,18,19). The van der Waals surface area contributed by atoms with Crippen molar-refractivity contribution in [3.63, 3.8) is 0 Å². The van der Waals surface area contributed by atoms with Gasteiger partial charge in [-0.05, 0) is 43.7 Å². The number of anilines is 2. The molecule has 1 aliphatic carbocycles. The van der Waals surface area contributed by atoms with Crippen molar-refractivity contribution in [2.75, 3.05) is 29.9 Å². The van der Waals surface area contributed by atoms with Crippen LogP contribution in [0.25, 0.3) is 0 Å². The zero-order valence-electron chi connectivity index (χ0n) is 12.2. The number of hydrogen-bond acceptors (Lipinski definition) is 6. The lowest BCUT2D eigenvalue weighted by atomic mass is 9.99. The molecule has 2 aliphatic rings. The summed E-state index contributed by atoms with van der Waals surface area (Å²) in [5.74, 6) is 1.12. The molecule has 2 N–H and O–H groups in total. The maximum absolute atomic E-state index is 9.69. The van der Waals surface area contributed by atoms with Crippen LogP contribution in [0.1, 0.15) is 44.9 Å². The summed E-state index contributed by atoms with van der Waals surface area (Å²) in [6.45, 7) is 2.02. The van der Waals surface area contributed by atoms with Crippen LogP contribution in [-0.2, 0) is 0 Å². The predicted octanol–water partition coefficient (Wildman–Crippen LogP) is 2.23. The second-order valence-corrected chi connectivity index (χ2v) is 6.38. The Hall–Kier alpha value is -1.14. The van der Waals surface area contributed by atoms with Crippen molar-refractivity contribution in [1.29, 1.82) is 0 Å². The van der Waals surface area contributed by atoms with E-state index in [-0.39, 0.29) is 17.4 Å². The minimum atomic E-state index is -0.302. The van der Waals surface area contributed by atoms with E-state index in [1.807, 2.05) is 0 Å². The molecule has 1 aromatic rings. The number of aliphatic hydroxyl groups excluding tert-OH is 1. The van der Waals surface area contributed by atoms with Gasteiger partial charge in [0.25, 0.3) is 0 Å². The van der Waals surface area contributed by atoms with Crippen LogP contribution in [0, 0.1) is 0 Å². The summed E-state index contributed by atoms with van der Waals surface area (Å²) in [5.41, 5.74) is -0.302. The van der Waals surface area contributed by atoms with Crippen molar-refractivity contribution in [2.45, 2.75) is 50.5 Å². The number of piperidine rings is 1.